The van der Waals surface area contributed by atoms with Gasteiger partial charge in [-0.05, 0) is 36.9 Å². The molecule has 1 N–H and O–H groups in total. The minimum absolute atomic E-state index is 0.132. The predicted octanol–water partition coefficient (Wildman–Crippen LogP) is 4.96. The van der Waals surface area contributed by atoms with E-state index in [9.17, 15) is 4.39 Å². The Hall–Kier alpha value is -0.600. The molecule has 0 aromatic heterocycles. The number of halogens is 2. The van der Waals surface area contributed by atoms with Gasteiger partial charge in [0, 0.05) is 6.04 Å². The van der Waals surface area contributed by atoms with Gasteiger partial charge in [-0.2, -0.15) is 0 Å². The highest BCUT2D eigenvalue weighted by Gasteiger charge is 2.21. The van der Waals surface area contributed by atoms with Crippen LogP contribution in [0.15, 0.2) is 18.2 Å². The van der Waals surface area contributed by atoms with Gasteiger partial charge < -0.3 is 5.32 Å². The molecule has 0 saturated carbocycles. The predicted molar refractivity (Wildman–Crippen MR) is 76.5 cm³/mol. The standard InChI is InChI=1S/C15H23ClFN/c1-4-7-11(3)15(18-10-5-2)12-8-6-9-13(17)14(12)16/h6,8-9,11,15,18H,4-5,7,10H2,1-3H3. The molecule has 0 aliphatic heterocycles. The lowest BCUT2D eigenvalue weighted by Gasteiger charge is -2.26. The summed E-state index contributed by atoms with van der Waals surface area (Å²) in [6, 6.07) is 5.20. The van der Waals surface area contributed by atoms with Crippen LogP contribution in [0.2, 0.25) is 5.02 Å². The molecule has 1 aromatic rings. The highest BCUT2D eigenvalue weighted by Crippen LogP contribution is 2.32. The highest BCUT2D eigenvalue weighted by molar-refractivity contribution is 6.31. The zero-order valence-electron chi connectivity index (χ0n) is 11.5. The molecule has 0 saturated heterocycles. The molecule has 0 bridgehead atoms. The minimum atomic E-state index is -0.332. The summed E-state index contributed by atoms with van der Waals surface area (Å²) in [5.74, 6) is 0.113. The van der Waals surface area contributed by atoms with Gasteiger partial charge in [-0.3, -0.25) is 0 Å². The van der Waals surface area contributed by atoms with Crippen molar-refractivity contribution in [2.75, 3.05) is 6.54 Å². The smallest absolute Gasteiger partial charge is 0.142 e. The van der Waals surface area contributed by atoms with E-state index in [1.165, 1.54) is 6.07 Å². The first-order valence-electron chi connectivity index (χ1n) is 6.79. The Bertz CT molecular complexity index is 368. The van der Waals surface area contributed by atoms with Crippen molar-refractivity contribution in [3.8, 4) is 0 Å². The topological polar surface area (TPSA) is 12.0 Å². The molecule has 0 aliphatic rings. The molecule has 1 aromatic carbocycles. The van der Waals surface area contributed by atoms with E-state index in [1.54, 1.807) is 6.07 Å². The minimum Gasteiger partial charge on any atom is -0.310 e. The maximum absolute atomic E-state index is 13.6. The van der Waals surface area contributed by atoms with Gasteiger partial charge in [0.05, 0.1) is 5.02 Å². The van der Waals surface area contributed by atoms with Crippen LogP contribution in [-0.2, 0) is 0 Å². The fourth-order valence-electron chi connectivity index (χ4n) is 2.30. The zero-order chi connectivity index (χ0) is 13.5. The molecular weight excluding hydrogens is 249 g/mol. The lowest BCUT2D eigenvalue weighted by Crippen LogP contribution is -2.28. The van der Waals surface area contributed by atoms with Crippen LogP contribution >= 0.6 is 11.6 Å². The molecule has 102 valence electrons. The van der Waals surface area contributed by atoms with E-state index in [-0.39, 0.29) is 16.9 Å². The monoisotopic (exact) mass is 271 g/mol. The van der Waals surface area contributed by atoms with Crippen LogP contribution in [0, 0.1) is 11.7 Å². The molecule has 1 rings (SSSR count). The lowest BCUT2D eigenvalue weighted by molar-refractivity contribution is 0.362. The molecule has 0 fully saturated rings. The van der Waals surface area contributed by atoms with Gasteiger partial charge in [0.25, 0.3) is 0 Å². The van der Waals surface area contributed by atoms with Gasteiger partial charge in [0.1, 0.15) is 5.82 Å². The summed E-state index contributed by atoms with van der Waals surface area (Å²) in [7, 11) is 0. The third-order valence-electron chi connectivity index (χ3n) is 3.24. The molecule has 2 unspecified atom stereocenters. The van der Waals surface area contributed by atoms with E-state index in [1.807, 2.05) is 6.07 Å². The zero-order valence-corrected chi connectivity index (χ0v) is 12.2. The summed E-state index contributed by atoms with van der Waals surface area (Å²) in [4.78, 5) is 0. The van der Waals surface area contributed by atoms with Crippen molar-refractivity contribution in [2.45, 2.75) is 46.1 Å². The van der Waals surface area contributed by atoms with Crippen LogP contribution in [0.4, 0.5) is 4.39 Å². The summed E-state index contributed by atoms with van der Waals surface area (Å²) in [6.45, 7) is 7.41. The van der Waals surface area contributed by atoms with Crippen molar-refractivity contribution >= 4 is 11.6 Å². The maximum Gasteiger partial charge on any atom is 0.142 e. The highest BCUT2D eigenvalue weighted by atomic mass is 35.5. The lowest BCUT2D eigenvalue weighted by atomic mass is 9.90. The van der Waals surface area contributed by atoms with Crippen molar-refractivity contribution in [3.63, 3.8) is 0 Å². The Labute approximate surface area is 115 Å². The fourth-order valence-corrected chi connectivity index (χ4v) is 2.54. The maximum atomic E-state index is 13.6. The Morgan fingerprint density at radius 3 is 2.61 bits per heavy atom. The summed E-state index contributed by atoms with van der Waals surface area (Å²) >= 11 is 6.10. The summed E-state index contributed by atoms with van der Waals surface area (Å²) in [6.07, 6.45) is 3.29. The summed E-state index contributed by atoms with van der Waals surface area (Å²) in [5.41, 5.74) is 0.881. The van der Waals surface area contributed by atoms with Crippen LogP contribution in [0.25, 0.3) is 0 Å². The summed E-state index contributed by atoms with van der Waals surface area (Å²) in [5, 5.41) is 3.75. The quantitative estimate of drug-likeness (QED) is 0.739. The molecule has 0 amide bonds. The van der Waals surface area contributed by atoms with E-state index < -0.39 is 0 Å². The second kappa shape index (κ2) is 7.75. The van der Waals surface area contributed by atoms with Crippen LogP contribution in [0.1, 0.15) is 51.6 Å². The van der Waals surface area contributed by atoms with E-state index in [0.717, 1.165) is 31.4 Å². The van der Waals surface area contributed by atoms with E-state index in [4.69, 9.17) is 11.6 Å². The molecule has 0 aliphatic carbocycles. The first kappa shape index (κ1) is 15.5. The number of hydrogen-bond donors (Lipinski definition) is 1. The number of benzene rings is 1. The SMILES string of the molecule is CCCNC(c1cccc(F)c1Cl)C(C)CCC. The Balaban J connectivity index is 2.97. The Morgan fingerprint density at radius 2 is 2.00 bits per heavy atom. The molecule has 1 nitrogen and oxygen atoms in total. The van der Waals surface area contributed by atoms with Crippen LogP contribution in [-0.4, -0.2) is 6.54 Å². The molecular formula is C15H23ClFN. The van der Waals surface area contributed by atoms with E-state index in [2.05, 4.69) is 26.1 Å². The Morgan fingerprint density at radius 1 is 1.28 bits per heavy atom. The third kappa shape index (κ3) is 3.96. The number of hydrogen-bond acceptors (Lipinski definition) is 1. The van der Waals surface area contributed by atoms with Gasteiger partial charge in [-0.15, -0.1) is 0 Å². The largest absolute Gasteiger partial charge is 0.310 e. The second-order valence-corrected chi connectivity index (χ2v) is 5.22. The van der Waals surface area contributed by atoms with Crippen molar-refractivity contribution < 1.29 is 4.39 Å². The fraction of sp³-hybridized carbons (Fsp3) is 0.600. The average molecular weight is 272 g/mol. The number of rotatable bonds is 7. The third-order valence-corrected chi connectivity index (χ3v) is 3.64. The van der Waals surface area contributed by atoms with Crippen molar-refractivity contribution in [1.29, 1.82) is 0 Å². The first-order valence-corrected chi connectivity index (χ1v) is 7.16. The average Bonchev–Trinajstić information content (AvgIpc) is 2.35. The molecule has 2 atom stereocenters. The van der Waals surface area contributed by atoms with Crippen molar-refractivity contribution in [2.24, 2.45) is 5.92 Å². The van der Waals surface area contributed by atoms with E-state index in [0.29, 0.717) is 5.92 Å². The van der Waals surface area contributed by atoms with Crippen molar-refractivity contribution in [3.05, 3.63) is 34.6 Å². The molecule has 0 radical (unpaired) electrons. The van der Waals surface area contributed by atoms with Crippen LogP contribution in [0.5, 0.6) is 0 Å². The molecule has 0 spiro atoms. The van der Waals surface area contributed by atoms with Crippen LogP contribution in [0.3, 0.4) is 0 Å². The first-order chi connectivity index (χ1) is 8.61. The van der Waals surface area contributed by atoms with Gasteiger partial charge in [0.2, 0.25) is 0 Å². The normalized spacial score (nSPS) is 14.5. The second-order valence-electron chi connectivity index (χ2n) is 4.84. The van der Waals surface area contributed by atoms with E-state index >= 15 is 0 Å². The molecule has 3 heteroatoms. The number of nitrogens with one attached hydrogen (secondary N) is 1. The van der Waals surface area contributed by atoms with Gasteiger partial charge in [-0.25, -0.2) is 4.39 Å². The molecule has 0 heterocycles. The van der Waals surface area contributed by atoms with Gasteiger partial charge in [0.15, 0.2) is 0 Å². The van der Waals surface area contributed by atoms with Crippen LogP contribution < -0.4 is 5.32 Å². The van der Waals surface area contributed by atoms with Gasteiger partial charge >= 0.3 is 0 Å². The Kier molecular flexibility index (Phi) is 6.66. The summed E-state index contributed by atoms with van der Waals surface area (Å²) < 4.78 is 13.6. The van der Waals surface area contributed by atoms with Gasteiger partial charge in [-0.1, -0.05) is 50.9 Å². The molecule has 18 heavy (non-hydrogen) atoms. The van der Waals surface area contributed by atoms with Crippen molar-refractivity contribution in [1.82, 2.24) is 5.32 Å².